The number of unbranched alkanes of at least 4 members (excludes halogenated alkanes) is 1. The molecule has 4 rings (SSSR count). The average molecular weight is 448 g/mol. The Kier molecular flexibility index (Phi) is 7.07. The van der Waals surface area contributed by atoms with Crippen LogP contribution in [0.3, 0.4) is 0 Å². The molecule has 0 aliphatic heterocycles. The summed E-state index contributed by atoms with van der Waals surface area (Å²) in [5, 5.41) is 3.86. The minimum Gasteiger partial charge on any atom is -0.467 e. The predicted octanol–water partition coefficient (Wildman–Crippen LogP) is 4.73. The molecular weight excluding hydrogens is 422 g/mol. The van der Waals surface area contributed by atoms with E-state index in [9.17, 15) is 9.59 Å². The first kappa shape index (κ1) is 21.9. The van der Waals surface area contributed by atoms with E-state index in [-0.39, 0.29) is 17.2 Å². The second-order valence-corrected chi connectivity index (χ2v) is 8.41. The molecule has 0 radical (unpaired) electrons. The number of para-hydroxylation sites is 1. The highest BCUT2D eigenvalue weighted by molar-refractivity contribution is 7.99. The number of thioether (sulfide) groups is 1. The lowest BCUT2D eigenvalue weighted by Gasteiger charge is -2.14. The Balaban J connectivity index is 1.60. The first-order valence-electron chi connectivity index (χ1n) is 10.7. The second kappa shape index (κ2) is 10.3. The van der Waals surface area contributed by atoms with E-state index in [0.717, 1.165) is 24.9 Å². The van der Waals surface area contributed by atoms with Crippen molar-refractivity contribution >= 4 is 28.6 Å². The molecule has 2 heterocycles. The molecule has 7 heteroatoms. The molecule has 0 aliphatic rings. The van der Waals surface area contributed by atoms with E-state index >= 15 is 0 Å². The smallest absolute Gasteiger partial charge is 0.266 e. The largest absolute Gasteiger partial charge is 0.467 e. The van der Waals surface area contributed by atoms with Gasteiger partial charge in [0.15, 0.2) is 5.16 Å². The third kappa shape index (κ3) is 5.11. The maximum absolute atomic E-state index is 13.3. The monoisotopic (exact) mass is 447 g/mol. The lowest BCUT2D eigenvalue weighted by molar-refractivity contribution is -0.118. The average Bonchev–Trinajstić information content (AvgIpc) is 3.34. The lowest BCUT2D eigenvalue weighted by atomic mass is 10.1. The second-order valence-electron chi connectivity index (χ2n) is 7.47. The van der Waals surface area contributed by atoms with Gasteiger partial charge >= 0.3 is 0 Å². The van der Waals surface area contributed by atoms with Gasteiger partial charge in [-0.3, -0.25) is 14.2 Å². The van der Waals surface area contributed by atoms with Crippen molar-refractivity contribution < 1.29 is 9.21 Å². The quantitative estimate of drug-likeness (QED) is 0.296. The van der Waals surface area contributed by atoms with E-state index in [1.807, 2.05) is 30.3 Å². The number of fused-ring (bicyclic) bond motifs is 1. The van der Waals surface area contributed by atoms with Crippen LogP contribution in [0.4, 0.5) is 0 Å². The molecule has 32 heavy (non-hydrogen) atoms. The molecule has 0 bridgehead atoms. The van der Waals surface area contributed by atoms with Crippen LogP contribution in [0.1, 0.15) is 31.1 Å². The fraction of sp³-hybridized carbons (Fsp3) is 0.240. The van der Waals surface area contributed by atoms with Gasteiger partial charge in [0.25, 0.3) is 5.56 Å². The number of hydrogen-bond donors (Lipinski definition) is 1. The maximum Gasteiger partial charge on any atom is 0.266 e. The number of carbonyl (C=O) groups is 1. The van der Waals surface area contributed by atoms with Crippen LogP contribution >= 0.6 is 11.8 Å². The SMILES string of the molecule is CCCCc1ccc(-n2c(SCC(=O)NCc3ccco3)nc3ccccc3c2=O)cc1. The zero-order valence-corrected chi connectivity index (χ0v) is 18.7. The molecule has 6 nitrogen and oxygen atoms in total. The van der Waals surface area contributed by atoms with Crippen LogP contribution in [-0.2, 0) is 17.8 Å². The van der Waals surface area contributed by atoms with Crippen LogP contribution in [-0.4, -0.2) is 21.2 Å². The maximum atomic E-state index is 13.3. The number of amides is 1. The number of furan rings is 1. The van der Waals surface area contributed by atoms with Crippen molar-refractivity contribution in [3.63, 3.8) is 0 Å². The number of aromatic nitrogens is 2. The van der Waals surface area contributed by atoms with E-state index < -0.39 is 0 Å². The molecule has 164 valence electrons. The summed E-state index contributed by atoms with van der Waals surface area (Å²) in [6.07, 6.45) is 4.85. The van der Waals surface area contributed by atoms with Crippen LogP contribution in [0.15, 0.2) is 81.3 Å². The third-order valence-corrected chi connectivity index (χ3v) is 6.07. The fourth-order valence-corrected chi connectivity index (χ4v) is 4.25. The minimum atomic E-state index is -0.157. The van der Waals surface area contributed by atoms with Gasteiger partial charge in [0, 0.05) is 0 Å². The molecule has 0 saturated carbocycles. The third-order valence-electron chi connectivity index (χ3n) is 5.13. The predicted molar refractivity (Wildman–Crippen MR) is 127 cm³/mol. The van der Waals surface area contributed by atoms with Crippen molar-refractivity contribution in [2.24, 2.45) is 0 Å². The molecule has 0 saturated heterocycles. The molecule has 1 amide bonds. The van der Waals surface area contributed by atoms with Gasteiger partial charge in [-0.05, 0) is 54.8 Å². The van der Waals surface area contributed by atoms with Gasteiger partial charge in [0.05, 0.1) is 35.2 Å². The van der Waals surface area contributed by atoms with Crippen LogP contribution in [0.25, 0.3) is 16.6 Å². The number of nitrogens with one attached hydrogen (secondary N) is 1. The first-order valence-corrected chi connectivity index (χ1v) is 11.7. The summed E-state index contributed by atoms with van der Waals surface area (Å²) in [6.45, 7) is 2.49. The summed E-state index contributed by atoms with van der Waals surface area (Å²) in [6, 6.07) is 18.9. The topological polar surface area (TPSA) is 77.1 Å². The van der Waals surface area contributed by atoms with Gasteiger partial charge in [-0.1, -0.05) is 49.4 Å². The Morgan fingerprint density at radius 2 is 1.91 bits per heavy atom. The molecule has 0 atom stereocenters. The molecular formula is C25H25N3O3S. The van der Waals surface area contributed by atoms with Crippen LogP contribution in [0.5, 0.6) is 0 Å². The summed E-state index contributed by atoms with van der Waals surface area (Å²) in [4.78, 5) is 30.4. The molecule has 1 N–H and O–H groups in total. The summed E-state index contributed by atoms with van der Waals surface area (Å²) in [7, 11) is 0. The van der Waals surface area contributed by atoms with Crippen molar-refractivity contribution in [3.05, 3.63) is 88.6 Å². The first-order chi connectivity index (χ1) is 15.7. The van der Waals surface area contributed by atoms with E-state index in [4.69, 9.17) is 9.40 Å². The molecule has 0 fully saturated rings. The Hall–Kier alpha value is -3.32. The summed E-state index contributed by atoms with van der Waals surface area (Å²) in [5.74, 6) is 0.669. The van der Waals surface area contributed by atoms with Crippen LogP contribution < -0.4 is 10.9 Å². The molecule has 2 aromatic heterocycles. The number of carbonyl (C=O) groups excluding carboxylic acids is 1. The van der Waals surface area contributed by atoms with Gasteiger partial charge < -0.3 is 9.73 Å². The molecule has 0 spiro atoms. The van der Waals surface area contributed by atoms with E-state index in [1.54, 1.807) is 29.0 Å². The number of hydrogen-bond acceptors (Lipinski definition) is 5. The van der Waals surface area contributed by atoms with Gasteiger partial charge in [-0.15, -0.1) is 0 Å². The summed E-state index contributed by atoms with van der Waals surface area (Å²) < 4.78 is 6.84. The number of aryl methyl sites for hydroxylation is 1. The van der Waals surface area contributed by atoms with Gasteiger partial charge in [-0.2, -0.15) is 0 Å². The van der Waals surface area contributed by atoms with Gasteiger partial charge in [0.1, 0.15) is 5.76 Å². The molecule has 0 unspecified atom stereocenters. The fourth-order valence-electron chi connectivity index (χ4n) is 3.41. The Bertz CT molecular complexity index is 1250. The highest BCUT2D eigenvalue weighted by Crippen LogP contribution is 2.22. The zero-order valence-electron chi connectivity index (χ0n) is 17.9. The van der Waals surface area contributed by atoms with E-state index in [1.165, 1.54) is 17.3 Å². The highest BCUT2D eigenvalue weighted by Gasteiger charge is 2.15. The van der Waals surface area contributed by atoms with Gasteiger partial charge in [0.2, 0.25) is 5.91 Å². The standard InChI is InChI=1S/C25H25N3O3S/c1-2-3-7-18-11-13-19(14-12-18)28-24(30)21-9-4-5-10-22(21)27-25(28)32-17-23(29)26-16-20-8-6-15-31-20/h4-6,8-15H,2-3,7,16-17H2,1H3,(H,26,29). The van der Waals surface area contributed by atoms with Crippen molar-refractivity contribution in [1.29, 1.82) is 0 Å². The number of nitrogens with zero attached hydrogens (tertiary/aromatic N) is 2. The van der Waals surface area contributed by atoms with Crippen molar-refractivity contribution in [3.8, 4) is 5.69 Å². The van der Waals surface area contributed by atoms with Crippen molar-refractivity contribution in [2.75, 3.05) is 5.75 Å². The Labute approximate surface area is 190 Å². The molecule has 2 aromatic carbocycles. The Morgan fingerprint density at radius 1 is 1.09 bits per heavy atom. The zero-order chi connectivity index (χ0) is 22.3. The normalized spacial score (nSPS) is 11.0. The number of benzene rings is 2. The highest BCUT2D eigenvalue weighted by atomic mass is 32.2. The minimum absolute atomic E-state index is 0.139. The van der Waals surface area contributed by atoms with Gasteiger partial charge in [-0.25, -0.2) is 4.98 Å². The lowest BCUT2D eigenvalue weighted by Crippen LogP contribution is -2.26. The molecule has 4 aromatic rings. The van der Waals surface area contributed by atoms with E-state index in [0.29, 0.717) is 28.4 Å². The van der Waals surface area contributed by atoms with Crippen molar-refractivity contribution in [2.45, 2.75) is 37.9 Å². The molecule has 0 aliphatic carbocycles. The van der Waals surface area contributed by atoms with Crippen molar-refractivity contribution in [1.82, 2.24) is 14.9 Å². The van der Waals surface area contributed by atoms with Crippen LogP contribution in [0.2, 0.25) is 0 Å². The summed E-state index contributed by atoms with van der Waals surface area (Å²) in [5.41, 5.74) is 2.46. The Morgan fingerprint density at radius 3 is 2.66 bits per heavy atom. The summed E-state index contributed by atoms with van der Waals surface area (Å²) >= 11 is 1.24. The van der Waals surface area contributed by atoms with E-state index in [2.05, 4.69) is 24.4 Å². The number of rotatable bonds is 9. The van der Waals surface area contributed by atoms with Crippen LogP contribution in [0, 0.1) is 0 Å².